The minimum Gasteiger partial charge on any atom is -0.332 e. The van der Waals surface area contributed by atoms with Gasteiger partial charge in [-0.25, -0.2) is 4.68 Å². The van der Waals surface area contributed by atoms with Crippen molar-refractivity contribution in [3.05, 3.63) is 24.3 Å². The molecule has 1 aromatic carbocycles. The number of piperazine rings is 1. The van der Waals surface area contributed by atoms with Crippen LogP contribution in [-0.2, 0) is 9.59 Å². The highest BCUT2D eigenvalue weighted by atomic mass is 16.2. The highest BCUT2D eigenvalue weighted by molar-refractivity contribution is 6.39. The van der Waals surface area contributed by atoms with Crippen LogP contribution in [0.25, 0.3) is 11.4 Å². The van der Waals surface area contributed by atoms with Gasteiger partial charge < -0.3 is 15.1 Å². The van der Waals surface area contributed by atoms with Gasteiger partial charge in [0, 0.05) is 37.4 Å². The highest BCUT2D eigenvalue weighted by Crippen LogP contribution is 2.36. The monoisotopic (exact) mass is 369 g/mol. The minimum atomic E-state index is -0.612. The van der Waals surface area contributed by atoms with E-state index in [1.807, 2.05) is 16.8 Å². The predicted molar refractivity (Wildman–Crippen MR) is 98.8 cm³/mol. The third kappa shape index (κ3) is 3.82. The second-order valence-electron chi connectivity index (χ2n) is 6.94. The van der Waals surface area contributed by atoms with Gasteiger partial charge in [0.15, 0.2) is 5.82 Å². The van der Waals surface area contributed by atoms with Gasteiger partial charge in [-0.3, -0.25) is 9.59 Å². The Morgan fingerprint density at radius 2 is 1.96 bits per heavy atom. The maximum absolute atomic E-state index is 12.4. The SMILES string of the molecule is CCN1CCN(C(=O)C(=O)Nc2cccc(-c3nnnn3C3CC3)c2)CC1. The molecule has 2 aliphatic rings. The van der Waals surface area contributed by atoms with Gasteiger partial charge in [0.1, 0.15) is 0 Å². The molecule has 1 aromatic heterocycles. The fourth-order valence-electron chi connectivity index (χ4n) is 3.28. The lowest BCUT2D eigenvalue weighted by molar-refractivity contribution is -0.144. The third-order valence-corrected chi connectivity index (χ3v) is 5.07. The number of carbonyl (C=O) groups excluding carboxylic acids is 2. The van der Waals surface area contributed by atoms with E-state index >= 15 is 0 Å². The van der Waals surface area contributed by atoms with E-state index in [0.717, 1.165) is 38.0 Å². The number of anilines is 1. The van der Waals surface area contributed by atoms with Crippen LogP contribution < -0.4 is 5.32 Å². The molecule has 27 heavy (non-hydrogen) atoms. The number of likely N-dealkylation sites (N-methyl/N-ethyl adjacent to an activating group) is 1. The first-order valence-electron chi connectivity index (χ1n) is 9.36. The number of nitrogens with one attached hydrogen (secondary N) is 1. The molecule has 4 rings (SSSR count). The molecule has 0 bridgehead atoms. The normalized spacial score (nSPS) is 17.7. The first-order valence-corrected chi connectivity index (χ1v) is 9.36. The Morgan fingerprint density at radius 1 is 1.19 bits per heavy atom. The topological polar surface area (TPSA) is 96.2 Å². The molecule has 9 heteroatoms. The maximum Gasteiger partial charge on any atom is 0.313 e. The van der Waals surface area contributed by atoms with E-state index < -0.39 is 11.8 Å². The Labute approximate surface area is 157 Å². The number of hydrogen-bond acceptors (Lipinski definition) is 6. The van der Waals surface area contributed by atoms with Crippen LogP contribution in [0.3, 0.4) is 0 Å². The standard InChI is InChI=1S/C18H23N7O2/c1-2-23-8-10-24(11-9-23)18(27)17(26)19-14-5-3-4-13(12-14)16-20-21-22-25(16)15-6-7-15/h3-5,12,15H,2,6-11H2,1H3,(H,19,26). The first-order chi connectivity index (χ1) is 13.2. The zero-order chi connectivity index (χ0) is 18.8. The molecule has 1 aliphatic heterocycles. The van der Waals surface area contributed by atoms with E-state index in [2.05, 4.69) is 32.7 Å². The zero-order valence-corrected chi connectivity index (χ0v) is 15.3. The summed E-state index contributed by atoms with van der Waals surface area (Å²) in [5.41, 5.74) is 1.37. The van der Waals surface area contributed by atoms with Gasteiger partial charge in [0.05, 0.1) is 6.04 Å². The molecule has 142 valence electrons. The average Bonchev–Trinajstić information content (AvgIpc) is 3.44. The first kappa shape index (κ1) is 17.6. The lowest BCUT2D eigenvalue weighted by Crippen LogP contribution is -2.51. The largest absolute Gasteiger partial charge is 0.332 e. The van der Waals surface area contributed by atoms with Crippen LogP contribution in [0.2, 0.25) is 0 Å². The van der Waals surface area contributed by atoms with Crippen molar-refractivity contribution in [3.8, 4) is 11.4 Å². The van der Waals surface area contributed by atoms with Crippen molar-refractivity contribution < 1.29 is 9.59 Å². The van der Waals surface area contributed by atoms with Crippen LogP contribution in [0.15, 0.2) is 24.3 Å². The molecule has 1 saturated carbocycles. The van der Waals surface area contributed by atoms with Gasteiger partial charge in [-0.1, -0.05) is 19.1 Å². The maximum atomic E-state index is 12.4. The minimum absolute atomic E-state index is 0.358. The Kier molecular flexibility index (Phi) is 4.85. The van der Waals surface area contributed by atoms with Gasteiger partial charge in [-0.15, -0.1) is 5.10 Å². The van der Waals surface area contributed by atoms with Crippen molar-refractivity contribution in [2.24, 2.45) is 0 Å². The molecule has 0 spiro atoms. The number of hydrogen-bond donors (Lipinski definition) is 1. The molecule has 2 heterocycles. The van der Waals surface area contributed by atoms with E-state index in [-0.39, 0.29) is 0 Å². The number of carbonyl (C=O) groups is 2. The van der Waals surface area contributed by atoms with E-state index in [9.17, 15) is 9.59 Å². The molecule has 2 aromatic rings. The van der Waals surface area contributed by atoms with Gasteiger partial charge in [0.25, 0.3) is 0 Å². The molecule has 2 fully saturated rings. The summed E-state index contributed by atoms with van der Waals surface area (Å²) < 4.78 is 1.82. The van der Waals surface area contributed by atoms with E-state index in [0.29, 0.717) is 30.6 Å². The second-order valence-corrected chi connectivity index (χ2v) is 6.94. The number of nitrogens with zero attached hydrogens (tertiary/aromatic N) is 6. The van der Waals surface area contributed by atoms with Crippen molar-refractivity contribution in [2.75, 3.05) is 38.0 Å². The second kappa shape index (κ2) is 7.43. The fraction of sp³-hybridized carbons (Fsp3) is 0.500. The third-order valence-electron chi connectivity index (χ3n) is 5.07. The fourth-order valence-corrected chi connectivity index (χ4v) is 3.28. The van der Waals surface area contributed by atoms with Gasteiger partial charge in [-0.2, -0.15) is 0 Å². The van der Waals surface area contributed by atoms with Crippen LogP contribution >= 0.6 is 0 Å². The smallest absolute Gasteiger partial charge is 0.313 e. The van der Waals surface area contributed by atoms with Crippen LogP contribution in [0.4, 0.5) is 5.69 Å². The Morgan fingerprint density at radius 3 is 2.67 bits per heavy atom. The lowest BCUT2D eigenvalue weighted by Gasteiger charge is -2.33. The summed E-state index contributed by atoms with van der Waals surface area (Å²) in [6.45, 7) is 5.81. The summed E-state index contributed by atoms with van der Waals surface area (Å²) in [7, 11) is 0. The van der Waals surface area contributed by atoms with Crippen molar-refractivity contribution in [1.82, 2.24) is 30.0 Å². The molecule has 2 amide bonds. The van der Waals surface area contributed by atoms with Crippen LogP contribution in [-0.4, -0.2) is 74.5 Å². The Balaban J connectivity index is 1.43. The molecule has 0 radical (unpaired) electrons. The highest BCUT2D eigenvalue weighted by Gasteiger charge is 2.29. The molecule has 9 nitrogen and oxygen atoms in total. The van der Waals surface area contributed by atoms with Crippen molar-refractivity contribution in [2.45, 2.75) is 25.8 Å². The summed E-state index contributed by atoms with van der Waals surface area (Å²) in [5, 5.41) is 14.6. The number of benzene rings is 1. The number of aromatic nitrogens is 4. The van der Waals surface area contributed by atoms with Gasteiger partial charge in [-0.05, 0) is 41.9 Å². The molecule has 0 atom stereocenters. The van der Waals surface area contributed by atoms with E-state index in [4.69, 9.17) is 0 Å². The van der Waals surface area contributed by atoms with Gasteiger partial charge >= 0.3 is 11.8 Å². The van der Waals surface area contributed by atoms with Crippen molar-refractivity contribution in [3.63, 3.8) is 0 Å². The molecule has 1 aliphatic carbocycles. The molecule has 0 unspecified atom stereocenters. The molecular weight excluding hydrogens is 346 g/mol. The summed E-state index contributed by atoms with van der Waals surface area (Å²) in [5.74, 6) is -0.423. The average molecular weight is 369 g/mol. The number of amides is 2. The molecule has 1 saturated heterocycles. The van der Waals surface area contributed by atoms with Crippen molar-refractivity contribution >= 4 is 17.5 Å². The quantitative estimate of drug-likeness (QED) is 0.800. The number of rotatable bonds is 4. The number of tetrazole rings is 1. The Bertz CT molecular complexity index is 838. The summed E-state index contributed by atoms with van der Waals surface area (Å²) >= 11 is 0. The van der Waals surface area contributed by atoms with Gasteiger partial charge in [0.2, 0.25) is 0 Å². The summed E-state index contributed by atoms with van der Waals surface area (Å²) in [6, 6.07) is 7.63. The Hall–Kier alpha value is -2.81. The lowest BCUT2D eigenvalue weighted by atomic mass is 10.2. The van der Waals surface area contributed by atoms with E-state index in [1.54, 1.807) is 17.0 Å². The molecule has 1 N–H and O–H groups in total. The summed E-state index contributed by atoms with van der Waals surface area (Å²) in [4.78, 5) is 28.7. The zero-order valence-electron chi connectivity index (χ0n) is 15.3. The van der Waals surface area contributed by atoms with Crippen molar-refractivity contribution in [1.29, 1.82) is 0 Å². The predicted octanol–water partition coefficient (Wildman–Crippen LogP) is 0.778. The summed E-state index contributed by atoms with van der Waals surface area (Å²) in [6.07, 6.45) is 2.16. The molecular formula is C18H23N7O2. The van der Waals surface area contributed by atoms with Crippen LogP contribution in [0.1, 0.15) is 25.8 Å². The van der Waals surface area contributed by atoms with Crippen LogP contribution in [0, 0.1) is 0 Å². The van der Waals surface area contributed by atoms with E-state index in [1.165, 1.54) is 0 Å². The van der Waals surface area contributed by atoms with Crippen LogP contribution in [0.5, 0.6) is 0 Å².